The van der Waals surface area contributed by atoms with Gasteiger partial charge in [-0.1, -0.05) is 23.7 Å². The first-order valence-corrected chi connectivity index (χ1v) is 9.23. The number of hydrogen-bond donors (Lipinski definition) is 3. The number of amides is 2. The molecule has 0 saturated carbocycles. The SMILES string of the molecule is Cc1nn(-c2ccc(NCCNC(=O)Nc3ccccc3Cl)nn2)c(C)c1C. The molecule has 0 aliphatic carbocycles. The van der Waals surface area contributed by atoms with Gasteiger partial charge in [-0.3, -0.25) is 0 Å². The van der Waals surface area contributed by atoms with E-state index in [1.807, 2.05) is 32.9 Å². The highest BCUT2D eigenvalue weighted by Gasteiger charge is 2.10. The molecule has 0 unspecified atom stereocenters. The molecule has 0 bridgehead atoms. The average Bonchev–Trinajstić information content (AvgIpc) is 2.95. The van der Waals surface area contributed by atoms with Gasteiger partial charge in [-0.15, -0.1) is 10.2 Å². The highest BCUT2D eigenvalue weighted by atomic mass is 35.5. The van der Waals surface area contributed by atoms with Crippen LogP contribution in [0.3, 0.4) is 0 Å². The highest BCUT2D eigenvalue weighted by Crippen LogP contribution is 2.20. The molecule has 9 heteroatoms. The van der Waals surface area contributed by atoms with Crippen molar-refractivity contribution in [2.75, 3.05) is 23.7 Å². The van der Waals surface area contributed by atoms with E-state index in [9.17, 15) is 4.79 Å². The highest BCUT2D eigenvalue weighted by molar-refractivity contribution is 6.33. The lowest BCUT2D eigenvalue weighted by Crippen LogP contribution is -2.32. The second-order valence-electron chi connectivity index (χ2n) is 6.27. The third kappa shape index (κ3) is 4.58. The Kier molecular flexibility index (Phi) is 6.10. The van der Waals surface area contributed by atoms with Crippen LogP contribution in [0.5, 0.6) is 0 Å². The molecule has 3 aromatic rings. The van der Waals surface area contributed by atoms with Crippen molar-refractivity contribution < 1.29 is 4.79 Å². The molecule has 28 heavy (non-hydrogen) atoms. The van der Waals surface area contributed by atoms with Gasteiger partial charge in [0, 0.05) is 18.8 Å². The fourth-order valence-electron chi connectivity index (χ4n) is 2.57. The molecule has 0 aliphatic rings. The van der Waals surface area contributed by atoms with Gasteiger partial charge in [-0.25, -0.2) is 9.48 Å². The molecule has 146 valence electrons. The maximum atomic E-state index is 11.9. The van der Waals surface area contributed by atoms with E-state index >= 15 is 0 Å². The van der Waals surface area contributed by atoms with Crippen LogP contribution in [0.4, 0.5) is 16.3 Å². The average molecular weight is 400 g/mol. The largest absolute Gasteiger partial charge is 0.367 e. The van der Waals surface area contributed by atoms with Crippen molar-refractivity contribution in [1.82, 2.24) is 25.3 Å². The minimum Gasteiger partial charge on any atom is -0.367 e. The third-order valence-electron chi connectivity index (χ3n) is 4.36. The van der Waals surface area contributed by atoms with E-state index in [1.165, 1.54) is 0 Å². The Morgan fingerprint density at radius 3 is 2.50 bits per heavy atom. The van der Waals surface area contributed by atoms with E-state index in [0.717, 1.165) is 17.0 Å². The van der Waals surface area contributed by atoms with Crippen LogP contribution in [0.25, 0.3) is 5.82 Å². The van der Waals surface area contributed by atoms with Gasteiger partial charge in [0.2, 0.25) is 0 Å². The number of hydrogen-bond acceptors (Lipinski definition) is 5. The number of nitrogens with zero attached hydrogens (tertiary/aromatic N) is 4. The van der Waals surface area contributed by atoms with Crippen LogP contribution in [-0.4, -0.2) is 39.1 Å². The lowest BCUT2D eigenvalue weighted by molar-refractivity contribution is 0.252. The Labute approximate surface area is 168 Å². The number of nitrogens with one attached hydrogen (secondary N) is 3. The Balaban J connectivity index is 1.47. The van der Waals surface area contributed by atoms with Crippen LogP contribution in [0.15, 0.2) is 36.4 Å². The van der Waals surface area contributed by atoms with Gasteiger partial charge < -0.3 is 16.0 Å². The monoisotopic (exact) mass is 399 g/mol. The number of carbonyl (C=O) groups excluding carboxylic acids is 1. The second kappa shape index (κ2) is 8.71. The fraction of sp³-hybridized carbons (Fsp3) is 0.263. The van der Waals surface area contributed by atoms with E-state index in [1.54, 1.807) is 28.9 Å². The molecule has 0 atom stereocenters. The first kappa shape index (κ1) is 19.6. The zero-order valence-corrected chi connectivity index (χ0v) is 16.7. The summed E-state index contributed by atoms with van der Waals surface area (Å²) in [6.45, 7) is 6.92. The zero-order valence-electron chi connectivity index (χ0n) is 16.0. The molecule has 0 radical (unpaired) electrons. The molecular weight excluding hydrogens is 378 g/mol. The zero-order chi connectivity index (χ0) is 20.1. The minimum absolute atomic E-state index is 0.323. The molecular formula is C19H22ClN7O. The summed E-state index contributed by atoms with van der Waals surface area (Å²) in [6, 6.07) is 10.4. The Hall–Kier alpha value is -3.13. The normalized spacial score (nSPS) is 10.6. The predicted octanol–water partition coefficient (Wildman–Crippen LogP) is 3.47. The number of aryl methyl sites for hydroxylation is 1. The number of halogens is 1. The summed E-state index contributed by atoms with van der Waals surface area (Å²) in [5.74, 6) is 1.28. The summed E-state index contributed by atoms with van der Waals surface area (Å²) in [7, 11) is 0. The molecule has 2 aromatic heterocycles. The van der Waals surface area contributed by atoms with Gasteiger partial charge in [-0.2, -0.15) is 5.10 Å². The number of anilines is 2. The Morgan fingerprint density at radius 2 is 1.86 bits per heavy atom. The maximum Gasteiger partial charge on any atom is 0.319 e. The molecule has 8 nitrogen and oxygen atoms in total. The fourth-order valence-corrected chi connectivity index (χ4v) is 2.75. The van der Waals surface area contributed by atoms with Gasteiger partial charge in [0.05, 0.1) is 16.4 Å². The van der Waals surface area contributed by atoms with Crippen molar-refractivity contribution >= 4 is 29.1 Å². The molecule has 0 aliphatic heterocycles. The van der Waals surface area contributed by atoms with E-state index in [0.29, 0.717) is 35.4 Å². The standard InChI is InChI=1S/C19H22ClN7O/c1-12-13(2)26-27(14(12)3)18-9-8-17(24-25-18)21-10-11-22-19(28)23-16-7-5-4-6-15(16)20/h4-9H,10-11H2,1-3H3,(H,21,24)(H2,22,23,28). The van der Waals surface area contributed by atoms with Crippen LogP contribution in [0, 0.1) is 20.8 Å². The molecule has 0 saturated heterocycles. The van der Waals surface area contributed by atoms with Crippen molar-refractivity contribution in [3.63, 3.8) is 0 Å². The number of urea groups is 1. The van der Waals surface area contributed by atoms with Crippen LogP contribution in [0.2, 0.25) is 5.02 Å². The van der Waals surface area contributed by atoms with E-state index in [-0.39, 0.29) is 6.03 Å². The number of aromatic nitrogens is 4. The van der Waals surface area contributed by atoms with Gasteiger partial charge in [0.25, 0.3) is 0 Å². The van der Waals surface area contributed by atoms with Gasteiger partial charge in [0.1, 0.15) is 5.82 Å². The van der Waals surface area contributed by atoms with Gasteiger partial charge in [0.15, 0.2) is 5.82 Å². The van der Waals surface area contributed by atoms with Crippen molar-refractivity contribution in [2.24, 2.45) is 0 Å². The summed E-state index contributed by atoms with van der Waals surface area (Å²) >= 11 is 6.01. The van der Waals surface area contributed by atoms with Crippen molar-refractivity contribution in [3.8, 4) is 5.82 Å². The summed E-state index contributed by atoms with van der Waals surface area (Å²) in [5.41, 5.74) is 3.73. The molecule has 2 heterocycles. The number of para-hydroxylation sites is 1. The summed E-state index contributed by atoms with van der Waals surface area (Å²) in [5, 5.41) is 21.9. The molecule has 0 fully saturated rings. The van der Waals surface area contributed by atoms with Crippen molar-refractivity contribution in [1.29, 1.82) is 0 Å². The smallest absolute Gasteiger partial charge is 0.319 e. The van der Waals surface area contributed by atoms with E-state index < -0.39 is 0 Å². The third-order valence-corrected chi connectivity index (χ3v) is 4.69. The molecule has 3 rings (SSSR count). The quantitative estimate of drug-likeness (QED) is 0.551. The van der Waals surface area contributed by atoms with Gasteiger partial charge in [-0.05, 0) is 50.6 Å². The molecule has 3 N–H and O–H groups in total. The summed E-state index contributed by atoms with van der Waals surface area (Å²) in [6.07, 6.45) is 0. The summed E-state index contributed by atoms with van der Waals surface area (Å²) in [4.78, 5) is 11.9. The number of rotatable bonds is 6. The first-order chi connectivity index (χ1) is 13.5. The minimum atomic E-state index is -0.323. The maximum absolute atomic E-state index is 11.9. The van der Waals surface area contributed by atoms with E-state index in [2.05, 4.69) is 31.2 Å². The van der Waals surface area contributed by atoms with E-state index in [4.69, 9.17) is 11.6 Å². The van der Waals surface area contributed by atoms with Crippen LogP contribution < -0.4 is 16.0 Å². The lowest BCUT2D eigenvalue weighted by Gasteiger charge is -2.10. The molecule has 1 aromatic carbocycles. The second-order valence-corrected chi connectivity index (χ2v) is 6.68. The summed E-state index contributed by atoms with van der Waals surface area (Å²) < 4.78 is 1.78. The Bertz CT molecular complexity index is 969. The molecule has 0 spiro atoms. The van der Waals surface area contributed by atoms with Gasteiger partial charge >= 0.3 is 6.03 Å². The number of carbonyl (C=O) groups is 1. The van der Waals surface area contributed by atoms with Crippen LogP contribution >= 0.6 is 11.6 Å². The Morgan fingerprint density at radius 1 is 1.07 bits per heavy atom. The predicted molar refractivity (Wildman–Crippen MR) is 110 cm³/mol. The van der Waals surface area contributed by atoms with Crippen LogP contribution in [-0.2, 0) is 0 Å². The number of benzene rings is 1. The van der Waals surface area contributed by atoms with Crippen molar-refractivity contribution in [3.05, 3.63) is 58.4 Å². The lowest BCUT2D eigenvalue weighted by atomic mass is 10.2. The topological polar surface area (TPSA) is 96.8 Å². The molecule has 2 amide bonds. The van der Waals surface area contributed by atoms with Crippen molar-refractivity contribution in [2.45, 2.75) is 20.8 Å². The first-order valence-electron chi connectivity index (χ1n) is 8.86. The van der Waals surface area contributed by atoms with Crippen LogP contribution in [0.1, 0.15) is 17.0 Å².